The highest BCUT2D eigenvalue weighted by Crippen LogP contribution is 2.44. The predicted octanol–water partition coefficient (Wildman–Crippen LogP) is 5.52. The second-order valence-electron chi connectivity index (χ2n) is 8.00. The Morgan fingerprint density at radius 1 is 1.03 bits per heavy atom. The molecule has 1 N–H and O–H groups in total. The number of rotatable bonds is 6. The van der Waals surface area contributed by atoms with Crippen molar-refractivity contribution >= 4 is 34.5 Å². The molecule has 0 saturated carbocycles. The SMILES string of the molecule is COc1cccc(N2C(=O)C(=O)/C(=C(\O)c3ccc(OC)c(C(C)C)c3)C2c2cccs2)c1. The average Bonchev–Trinajstić information content (AvgIpc) is 3.45. The van der Waals surface area contributed by atoms with Crippen LogP contribution in [0.2, 0.25) is 0 Å². The first kappa shape index (κ1) is 22.6. The van der Waals surface area contributed by atoms with Gasteiger partial charge in [0.2, 0.25) is 0 Å². The maximum Gasteiger partial charge on any atom is 0.300 e. The van der Waals surface area contributed by atoms with Gasteiger partial charge in [0.25, 0.3) is 11.7 Å². The van der Waals surface area contributed by atoms with Crippen LogP contribution in [0.4, 0.5) is 5.69 Å². The maximum absolute atomic E-state index is 13.2. The molecule has 7 heteroatoms. The molecular weight excluding hydrogens is 438 g/mol. The Balaban J connectivity index is 1.91. The van der Waals surface area contributed by atoms with Crippen molar-refractivity contribution in [3.63, 3.8) is 0 Å². The lowest BCUT2D eigenvalue weighted by Gasteiger charge is -2.24. The number of methoxy groups -OCH3 is 2. The number of hydrogen-bond acceptors (Lipinski definition) is 6. The summed E-state index contributed by atoms with van der Waals surface area (Å²) in [5.41, 5.74) is 1.94. The highest BCUT2D eigenvalue weighted by atomic mass is 32.1. The van der Waals surface area contributed by atoms with Crippen LogP contribution in [-0.4, -0.2) is 31.0 Å². The molecule has 6 nitrogen and oxygen atoms in total. The van der Waals surface area contributed by atoms with Crippen molar-refractivity contribution in [3.05, 3.63) is 81.6 Å². The topological polar surface area (TPSA) is 76.1 Å². The van der Waals surface area contributed by atoms with Gasteiger partial charge in [-0.1, -0.05) is 26.0 Å². The van der Waals surface area contributed by atoms with Crippen LogP contribution in [0.1, 0.15) is 41.8 Å². The van der Waals surface area contributed by atoms with E-state index in [0.29, 0.717) is 22.7 Å². The van der Waals surface area contributed by atoms with Gasteiger partial charge in [-0.15, -0.1) is 11.3 Å². The highest BCUT2D eigenvalue weighted by molar-refractivity contribution is 7.10. The third-order valence-corrected chi connectivity index (χ3v) is 6.64. The van der Waals surface area contributed by atoms with Gasteiger partial charge in [0.1, 0.15) is 23.3 Å². The van der Waals surface area contributed by atoms with Gasteiger partial charge in [-0.2, -0.15) is 0 Å². The zero-order chi connectivity index (χ0) is 23.7. The molecule has 4 rings (SSSR count). The van der Waals surface area contributed by atoms with E-state index in [1.165, 1.54) is 16.2 Å². The number of Topliss-reactive ketones (excluding diaryl/α,β-unsaturated/α-hetero) is 1. The number of thiophene rings is 1. The number of benzene rings is 2. The number of anilines is 1. The molecule has 0 spiro atoms. The second kappa shape index (κ2) is 9.11. The summed E-state index contributed by atoms with van der Waals surface area (Å²) in [6.45, 7) is 4.05. The molecule has 0 radical (unpaired) electrons. The number of ketones is 1. The Kier molecular flexibility index (Phi) is 6.24. The van der Waals surface area contributed by atoms with E-state index >= 15 is 0 Å². The first-order valence-electron chi connectivity index (χ1n) is 10.5. The van der Waals surface area contributed by atoms with E-state index in [0.717, 1.165) is 10.4 Å². The van der Waals surface area contributed by atoms with Gasteiger partial charge >= 0.3 is 0 Å². The molecular formula is C26H25NO5S. The number of amides is 1. The number of carbonyl (C=O) groups is 2. The molecule has 33 heavy (non-hydrogen) atoms. The standard InChI is InChI=1S/C26H25NO5S/c1-15(2)19-13-16(10-11-20(19)32-4)24(28)22-23(21-9-6-12-33-21)27(26(30)25(22)29)17-7-5-8-18(14-17)31-3/h5-15,23,28H,1-4H3/b24-22-. The minimum Gasteiger partial charge on any atom is -0.507 e. The number of hydrogen-bond donors (Lipinski definition) is 1. The molecule has 2 aromatic carbocycles. The van der Waals surface area contributed by atoms with Gasteiger partial charge in [-0.3, -0.25) is 14.5 Å². The van der Waals surface area contributed by atoms with Crippen LogP contribution >= 0.6 is 11.3 Å². The van der Waals surface area contributed by atoms with E-state index in [1.54, 1.807) is 50.6 Å². The molecule has 1 atom stereocenters. The van der Waals surface area contributed by atoms with E-state index in [4.69, 9.17) is 9.47 Å². The molecule has 0 bridgehead atoms. The Labute approximate surface area is 196 Å². The first-order valence-corrected chi connectivity index (χ1v) is 11.4. The zero-order valence-corrected chi connectivity index (χ0v) is 19.7. The number of ether oxygens (including phenoxy) is 2. The summed E-state index contributed by atoms with van der Waals surface area (Å²) in [6.07, 6.45) is 0. The van der Waals surface area contributed by atoms with Crippen molar-refractivity contribution in [2.45, 2.75) is 25.8 Å². The zero-order valence-electron chi connectivity index (χ0n) is 18.9. The van der Waals surface area contributed by atoms with Crippen LogP contribution in [-0.2, 0) is 9.59 Å². The molecule has 0 aliphatic carbocycles. The fraction of sp³-hybridized carbons (Fsp3) is 0.231. The molecule has 1 amide bonds. The van der Waals surface area contributed by atoms with E-state index in [2.05, 4.69) is 0 Å². The quantitative estimate of drug-likeness (QED) is 0.296. The van der Waals surface area contributed by atoms with Gasteiger partial charge in [0.15, 0.2) is 0 Å². The van der Waals surface area contributed by atoms with Crippen LogP contribution < -0.4 is 14.4 Å². The van der Waals surface area contributed by atoms with E-state index < -0.39 is 17.7 Å². The number of nitrogens with zero attached hydrogens (tertiary/aromatic N) is 1. The fourth-order valence-electron chi connectivity index (χ4n) is 4.06. The maximum atomic E-state index is 13.2. The monoisotopic (exact) mass is 463 g/mol. The lowest BCUT2D eigenvalue weighted by atomic mass is 9.95. The molecule has 1 fully saturated rings. The van der Waals surface area contributed by atoms with Crippen LogP contribution in [0, 0.1) is 0 Å². The number of carbonyl (C=O) groups excluding carboxylic acids is 2. The summed E-state index contributed by atoms with van der Waals surface area (Å²) in [5.74, 6) is -0.220. The number of aliphatic hydroxyl groups excluding tert-OH is 1. The van der Waals surface area contributed by atoms with Crippen molar-refractivity contribution in [2.24, 2.45) is 0 Å². The van der Waals surface area contributed by atoms with E-state index in [-0.39, 0.29) is 17.3 Å². The van der Waals surface area contributed by atoms with Crippen LogP contribution in [0.15, 0.2) is 65.6 Å². The molecule has 170 valence electrons. The summed E-state index contributed by atoms with van der Waals surface area (Å²) in [7, 11) is 3.14. The van der Waals surface area contributed by atoms with Crippen molar-refractivity contribution in [2.75, 3.05) is 19.1 Å². The smallest absolute Gasteiger partial charge is 0.300 e. The second-order valence-corrected chi connectivity index (χ2v) is 8.98. The Morgan fingerprint density at radius 2 is 1.82 bits per heavy atom. The average molecular weight is 464 g/mol. The molecule has 3 aromatic rings. The van der Waals surface area contributed by atoms with Gasteiger partial charge in [0.05, 0.1) is 19.8 Å². The molecule has 1 saturated heterocycles. The molecule has 2 heterocycles. The lowest BCUT2D eigenvalue weighted by molar-refractivity contribution is -0.132. The fourth-order valence-corrected chi connectivity index (χ4v) is 4.89. The normalized spacial score (nSPS) is 17.6. The summed E-state index contributed by atoms with van der Waals surface area (Å²) in [6, 6.07) is 15.2. The number of aliphatic hydroxyl groups is 1. The van der Waals surface area contributed by atoms with Gasteiger partial charge in [0, 0.05) is 22.2 Å². The third-order valence-electron chi connectivity index (χ3n) is 5.71. The highest BCUT2D eigenvalue weighted by Gasteiger charge is 2.47. The summed E-state index contributed by atoms with van der Waals surface area (Å²) in [5, 5.41) is 13.2. The third kappa shape index (κ3) is 4.00. The molecule has 1 aliphatic heterocycles. The minimum absolute atomic E-state index is 0.0603. The van der Waals surface area contributed by atoms with Crippen LogP contribution in [0.5, 0.6) is 11.5 Å². The van der Waals surface area contributed by atoms with E-state index in [9.17, 15) is 14.7 Å². The summed E-state index contributed by atoms with van der Waals surface area (Å²) < 4.78 is 10.8. The predicted molar refractivity (Wildman–Crippen MR) is 129 cm³/mol. The van der Waals surface area contributed by atoms with Crippen LogP contribution in [0.25, 0.3) is 5.76 Å². The van der Waals surface area contributed by atoms with Crippen molar-refractivity contribution in [1.29, 1.82) is 0 Å². The van der Waals surface area contributed by atoms with Crippen molar-refractivity contribution in [3.8, 4) is 11.5 Å². The van der Waals surface area contributed by atoms with Gasteiger partial charge in [-0.05, 0) is 53.3 Å². The molecule has 1 aliphatic rings. The summed E-state index contributed by atoms with van der Waals surface area (Å²) in [4.78, 5) is 28.7. The van der Waals surface area contributed by atoms with Crippen molar-refractivity contribution < 1.29 is 24.2 Å². The largest absolute Gasteiger partial charge is 0.507 e. The van der Waals surface area contributed by atoms with Crippen LogP contribution in [0.3, 0.4) is 0 Å². The Bertz CT molecular complexity index is 1230. The van der Waals surface area contributed by atoms with E-state index in [1.807, 2.05) is 37.4 Å². The Morgan fingerprint density at radius 3 is 2.45 bits per heavy atom. The molecule has 1 unspecified atom stereocenters. The first-order chi connectivity index (χ1) is 15.9. The van der Waals surface area contributed by atoms with Gasteiger partial charge < -0.3 is 14.6 Å². The minimum atomic E-state index is -0.748. The Hall–Kier alpha value is -3.58. The summed E-state index contributed by atoms with van der Waals surface area (Å²) >= 11 is 1.42. The molecule has 1 aromatic heterocycles. The van der Waals surface area contributed by atoms with Gasteiger partial charge in [-0.25, -0.2) is 0 Å². The lowest BCUT2D eigenvalue weighted by Crippen LogP contribution is -2.29. The van der Waals surface area contributed by atoms with Crippen molar-refractivity contribution in [1.82, 2.24) is 0 Å².